The third-order valence-corrected chi connectivity index (χ3v) is 6.67. The van der Waals surface area contributed by atoms with Gasteiger partial charge in [0.2, 0.25) is 0 Å². The van der Waals surface area contributed by atoms with Crippen molar-refractivity contribution in [2.45, 2.75) is 31.8 Å². The topological polar surface area (TPSA) is 38.8 Å². The van der Waals surface area contributed by atoms with Crippen LogP contribution in [0.15, 0.2) is 102 Å². The molecule has 1 aliphatic carbocycles. The van der Waals surface area contributed by atoms with Crippen LogP contribution in [-0.4, -0.2) is 13.1 Å². The molecule has 3 aromatic carbocycles. The Kier molecular flexibility index (Phi) is 6.41. The Morgan fingerprint density at radius 3 is 2.41 bits per heavy atom. The predicted octanol–water partition coefficient (Wildman–Crippen LogP) is 7.02. The minimum atomic E-state index is -0.336. The highest BCUT2D eigenvalue weighted by Gasteiger charge is 2.36. The van der Waals surface area contributed by atoms with Gasteiger partial charge < -0.3 is 14.4 Å². The first-order chi connectivity index (χ1) is 16.6. The summed E-state index contributed by atoms with van der Waals surface area (Å²) in [5.41, 5.74) is 6.08. The first-order valence-electron chi connectivity index (χ1n) is 11.5. The van der Waals surface area contributed by atoms with Crippen LogP contribution in [0.2, 0.25) is 5.02 Å². The van der Waals surface area contributed by atoms with E-state index in [-0.39, 0.29) is 18.5 Å². The highest BCUT2D eigenvalue weighted by molar-refractivity contribution is 6.30. The number of hydrogen-bond donors (Lipinski definition) is 0. The van der Waals surface area contributed by atoms with Crippen molar-refractivity contribution in [3.05, 3.63) is 118 Å². The van der Waals surface area contributed by atoms with Crippen LogP contribution in [0.25, 0.3) is 0 Å². The maximum absolute atomic E-state index is 13.5. The molecule has 0 spiro atoms. The average Bonchev–Trinajstić information content (AvgIpc) is 3.37. The lowest BCUT2D eigenvalue weighted by atomic mass is 9.86. The second kappa shape index (κ2) is 9.78. The molecule has 2 aliphatic rings. The van der Waals surface area contributed by atoms with Crippen LogP contribution < -0.4 is 9.64 Å². The van der Waals surface area contributed by atoms with Crippen molar-refractivity contribution in [1.82, 2.24) is 0 Å². The summed E-state index contributed by atoms with van der Waals surface area (Å²) >= 11 is 6.15. The van der Waals surface area contributed by atoms with Crippen molar-refractivity contribution in [3.8, 4) is 5.75 Å². The number of benzene rings is 3. The summed E-state index contributed by atoms with van der Waals surface area (Å²) in [7, 11) is 1.65. The Bertz CT molecular complexity index is 1230. The zero-order chi connectivity index (χ0) is 23.5. The molecule has 0 fully saturated rings. The van der Waals surface area contributed by atoms with Gasteiger partial charge in [-0.15, -0.1) is 0 Å². The van der Waals surface area contributed by atoms with E-state index in [9.17, 15) is 4.79 Å². The predicted molar refractivity (Wildman–Crippen MR) is 135 cm³/mol. The number of hydrogen-bond acceptors (Lipinski definition) is 4. The zero-order valence-electron chi connectivity index (χ0n) is 19.0. The standard InChI is InChI=1S/C29H26ClNO3/c1-33-24-16-14-23(15-17-24)31-27-9-5-8-25(27)26(21-10-12-22(30)13-11-21)18-28(31)29(32)34-19-20-6-3-2-4-7-20/h2-4,6-7,10-18,26H,5,8-9,19H2,1H3. The molecular weight excluding hydrogens is 446 g/mol. The van der Waals surface area contributed by atoms with Gasteiger partial charge in [-0.05, 0) is 78.4 Å². The number of carbonyl (C=O) groups excluding carboxylic acids is 1. The summed E-state index contributed by atoms with van der Waals surface area (Å²) in [6.45, 7) is 0.227. The largest absolute Gasteiger partial charge is 0.497 e. The molecule has 1 aliphatic heterocycles. The minimum absolute atomic E-state index is 0.0172. The number of halogens is 1. The van der Waals surface area contributed by atoms with E-state index in [4.69, 9.17) is 21.1 Å². The highest BCUT2D eigenvalue weighted by atomic mass is 35.5. The van der Waals surface area contributed by atoms with Crippen LogP contribution in [0.1, 0.15) is 36.3 Å². The van der Waals surface area contributed by atoms with Gasteiger partial charge >= 0.3 is 5.97 Å². The number of anilines is 1. The van der Waals surface area contributed by atoms with Crippen LogP contribution in [-0.2, 0) is 16.1 Å². The number of nitrogens with zero attached hydrogens (tertiary/aromatic N) is 1. The lowest BCUT2D eigenvalue weighted by Gasteiger charge is -2.35. The molecule has 172 valence electrons. The summed E-state index contributed by atoms with van der Waals surface area (Å²) in [5, 5.41) is 0.700. The fourth-order valence-corrected chi connectivity index (χ4v) is 4.90. The molecule has 0 saturated carbocycles. The van der Waals surface area contributed by atoms with Crippen molar-refractivity contribution < 1.29 is 14.3 Å². The summed E-state index contributed by atoms with van der Waals surface area (Å²) in [6.07, 6.45) is 5.01. The Hall–Kier alpha value is -3.50. The fourth-order valence-electron chi connectivity index (χ4n) is 4.77. The molecule has 4 nitrogen and oxygen atoms in total. The number of esters is 1. The van der Waals surface area contributed by atoms with E-state index < -0.39 is 0 Å². The third kappa shape index (κ3) is 4.46. The lowest BCUT2D eigenvalue weighted by molar-refractivity contribution is -0.140. The van der Waals surface area contributed by atoms with Crippen LogP contribution in [0.5, 0.6) is 5.75 Å². The smallest absolute Gasteiger partial charge is 0.355 e. The number of rotatable bonds is 6. The van der Waals surface area contributed by atoms with Crippen molar-refractivity contribution >= 4 is 23.3 Å². The number of methoxy groups -OCH3 is 1. The van der Waals surface area contributed by atoms with Gasteiger partial charge in [0.15, 0.2) is 0 Å². The van der Waals surface area contributed by atoms with Gasteiger partial charge in [-0.3, -0.25) is 0 Å². The Morgan fingerprint density at radius 2 is 1.71 bits per heavy atom. The monoisotopic (exact) mass is 471 g/mol. The molecule has 34 heavy (non-hydrogen) atoms. The fraction of sp³-hybridized carbons (Fsp3) is 0.207. The molecular formula is C29H26ClNO3. The Labute approximate surface area is 205 Å². The van der Waals surface area contributed by atoms with E-state index in [0.29, 0.717) is 10.7 Å². The second-order valence-electron chi connectivity index (χ2n) is 8.50. The van der Waals surface area contributed by atoms with Crippen molar-refractivity contribution in [2.75, 3.05) is 12.0 Å². The molecule has 0 saturated heterocycles. The van der Waals surface area contributed by atoms with Crippen LogP contribution in [0.3, 0.4) is 0 Å². The van der Waals surface area contributed by atoms with Gasteiger partial charge in [-0.1, -0.05) is 54.1 Å². The summed E-state index contributed by atoms with van der Waals surface area (Å²) < 4.78 is 11.1. The minimum Gasteiger partial charge on any atom is -0.497 e. The van der Waals surface area contributed by atoms with Crippen LogP contribution in [0.4, 0.5) is 5.69 Å². The van der Waals surface area contributed by atoms with Crippen LogP contribution >= 0.6 is 11.6 Å². The number of carbonyl (C=O) groups is 1. The van der Waals surface area contributed by atoms with Gasteiger partial charge in [0, 0.05) is 22.3 Å². The molecule has 0 amide bonds. The Balaban J connectivity index is 1.54. The van der Waals surface area contributed by atoms with Crippen molar-refractivity contribution in [3.63, 3.8) is 0 Å². The van der Waals surface area contributed by atoms with Crippen molar-refractivity contribution in [2.24, 2.45) is 0 Å². The van der Waals surface area contributed by atoms with E-state index in [2.05, 4.69) is 4.90 Å². The average molecular weight is 472 g/mol. The maximum Gasteiger partial charge on any atom is 0.355 e. The lowest BCUT2D eigenvalue weighted by Crippen LogP contribution is -2.32. The summed E-state index contributed by atoms with van der Waals surface area (Å²) in [4.78, 5) is 15.6. The molecule has 0 aromatic heterocycles. The summed E-state index contributed by atoms with van der Waals surface area (Å²) in [6, 6.07) is 25.5. The quantitative estimate of drug-likeness (QED) is 0.362. The van der Waals surface area contributed by atoms with Crippen LogP contribution in [0, 0.1) is 0 Å². The highest BCUT2D eigenvalue weighted by Crippen LogP contribution is 2.46. The molecule has 0 bridgehead atoms. The third-order valence-electron chi connectivity index (χ3n) is 6.42. The van der Waals surface area contributed by atoms with E-state index in [1.807, 2.05) is 84.9 Å². The number of allylic oxidation sites excluding steroid dienone is 3. The molecule has 1 heterocycles. The molecule has 3 aromatic rings. The Morgan fingerprint density at radius 1 is 0.971 bits per heavy atom. The summed E-state index contributed by atoms with van der Waals surface area (Å²) in [5.74, 6) is 0.457. The van der Waals surface area contributed by atoms with E-state index in [0.717, 1.165) is 41.8 Å². The van der Waals surface area contributed by atoms with Gasteiger partial charge in [0.25, 0.3) is 0 Å². The van der Waals surface area contributed by atoms with E-state index >= 15 is 0 Å². The maximum atomic E-state index is 13.5. The molecule has 0 radical (unpaired) electrons. The van der Waals surface area contributed by atoms with Crippen molar-refractivity contribution in [1.29, 1.82) is 0 Å². The van der Waals surface area contributed by atoms with Gasteiger partial charge in [-0.25, -0.2) is 4.79 Å². The first-order valence-corrected chi connectivity index (χ1v) is 11.9. The van der Waals surface area contributed by atoms with Gasteiger partial charge in [-0.2, -0.15) is 0 Å². The zero-order valence-corrected chi connectivity index (χ0v) is 19.8. The van der Waals surface area contributed by atoms with Gasteiger partial charge in [0.1, 0.15) is 18.1 Å². The molecule has 5 rings (SSSR count). The normalized spacial score (nSPS) is 17.3. The van der Waals surface area contributed by atoms with E-state index in [1.165, 1.54) is 11.3 Å². The SMILES string of the molecule is COc1ccc(N2C(C(=O)OCc3ccccc3)=CC(c3ccc(Cl)cc3)C3=C2CCC3)cc1. The molecule has 0 N–H and O–H groups in total. The molecule has 1 unspecified atom stereocenters. The van der Waals surface area contributed by atoms with E-state index in [1.54, 1.807) is 7.11 Å². The molecule has 1 atom stereocenters. The second-order valence-corrected chi connectivity index (χ2v) is 8.94. The first kappa shape index (κ1) is 22.3. The number of ether oxygens (including phenoxy) is 2. The molecule has 5 heteroatoms. The van der Waals surface area contributed by atoms with Gasteiger partial charge in [0.05, 0.1) is 7.11 Å².